The molecule has 1 aromatic heterocycles. The fraction of sp³-hybridized carbons (Fsp3) is 0.286. The third-order valence-corrected chi connectivity index (χ3v) is 5.15. The number of amides is 2. The number of hydrogen-bond acceptors (Lipinski definition) is 4. The van der Waals surface area contributed by atoms with Gasteiger partial charge in [0.05, 0.1) is 17.5 Å². The molecule has 0 radical (unpaired) electrons. The van der Waals surface area contributed by atoms with E-state index in [1.54, 1.807) is 11.0 Å². The van der Waals surface area contributed by atoms with E-state index in [0.717, 1.165) is 11.5 Å². The van der Waals surface area contributed by atoms with E-state index in [9.17, 15) is 22.8 Å². The Hall–Kier alpha value is -3.36. The Morgan fingerprint density at radius 2 is 1.57 bits per heavy atom. The number of carbonyl (C=O) groups is 2. The molecule has 0 atom stereocenters. The summed E-state index contributed by atoms with van der Waals surface area (Å²) in [6.07, 6.45) is -4.55. The summed E-state index contributed by atoms with van der Waals surface area (Å²) in [7, 11) is 0. The minimum Gasteiger partial charge on any atom is -0.356 e. The van der Waals surface area contributed by atoms with Gasteiger partial charge in [-0.2, -0.15) is 13.2 Å². The van der Waals surface area contributed by atoms with Crippen molar-refractivity contribution in [3.8, 4) is 0 Å². The third-order valence-electron chi connectivity index (χ3n) is 5.15. The lowest BCUT2D eigenvalue weighted by molar-refractivity contribution is -0.138. The van der Waals surface area contributed by atoms with Crippen LogP contribution < -0.4 is 0 Å². The molecule has 0 N–H and O–H groups in total. The van der Waals surface area contributed by atoms with Crippen molar-refractivity contribution in [1.29, 1.82) is 0 Å². The summed E-state index contributed by atoms with van der Waals surface area (Å²) >= 11 is 0. The zero-order valence-corrected chi connectivity index (χ0v) is 15.9. The molecule has 9 heteroatoms. The van der Waals surface area contributed by atoms with Crippen LogP contribution >= 0.6 is 0 Å². The molecule has 2 heterocycles. The van der Waals surface area contributed by atoms with Crippen molar-refractivity contribution in [2.75, 3.05) is 26.2 Å². The number of nitrogens with zero attached hydrogens (tertiary/aromatic N) is 3. The van der Waals surface area contributed by atoms with Crippen molar-refractivity contribution >= 4 is 22.8 Å². The van der Waals surface area contributed by atoms with E-state index in [1.807, 2.05) is 18.2 Å². The topological polar surface area (TPSA) is 66.7 Å². The van der Waals surface area contributed by atoms with Gasteiger partial charge < -0.3 is 14.3 Å². The molecule has 0 spiro atoms. The van der Waals surface area contributed by atoms with Crippen LogP contribution in [0.3, 0.4) is 0 Å². The van der Waals surface area contributed by atoms with Crippen molar-refractivity contribution < 1.29 is 27.3 Å². The molecule has 156 valence electrons. The Kier molecular flexibility index (Phi) is 5.19. The quantitative estimate of drug-likeness (QED) is 0.656. The molecule has 4 rings (SSSR count). The zero-order chi connectivity index (χ0) is 21.3. The lowest BCUT2D eigenvalue weighted by Crippen LogP contribution is -2.51. The normalized spacial score (nSPS) is 14.9. The molecule has 2 amide bonds. The summed E-state index contributed by atoms with van der Waals surface area (Å²) in [4.78, 5) is 28.2. The molecule has 1 saturated heterocycles. The Morgan fingerprint density at radius 1 is 0.933 bits per heavy atom. The molecule has 1 fully saturated rings. The van der Waals surface area contributed by atoms with E-state index in [0.29, 0.717) is 11.3 Å². The number of aromatic nitrogens is 1. The van der Waals surface area contributed by atoms with Crippen molar-refractivity contribution in [2.45, 2.75) is 12.6 Å². The van der Waals surface area contributed by atoms with Crippen LogP contribution in [-0.4, -0.2) is 52.9 Å². The van der Waals surface area contributed by atoms with Crippen molar-refractivity contribution in [3.63, 3.8) is 0 Å². The molecule has 0 aliphatic carbocycles. The number of alkyl halides is 3. The molecular formula is C21H18F3N3O3. The van der Waals surface area contributed by atoms with E-state index in [2.05, 4.69) is 5.16 Å². The van der Waals surface area contributed by atoms with Crippen LogP contribution in [0, 0.1) is 0 Å². The number of carbonyl (C=O) groups excluding carboxylic acids is 2. The van der Waals surface area contributed by atoms with Gasteiger partial charge in [0.15, 0.2) is 5.58 Å². The van der Waals surface area contributed by atoms with Gasteiger partial charge in [0.2, 0.25) is 5.91 Å². The van der Waals surface area contributed by atoms with Gasteiger partial charge in [0.1, 0.15) is 5.69 Å². The first kappa shape index (κ1) is 19.9. The largest absolute Gasteiger partial charge is 0.417 e. The van der Waals surface area contributed by atoms with E-state index in [-0.39, 0.29) is 44.1 Å². The maximum Gasteiger partial charge on any atom is 0.417 e. The van der Waals surface area contributed by atoms with Crippen LogP contribution in [0.2, 0.25) is 0 Å². The molecule has 30 heavy (non-hydrogen) atoms. The zero-order valence-electron chi connectivity index (χ0n) is 15.9. The van der Waals surface area contributed by atoms with Crippen LogP contribution in [-0.2, 0) is 17.4 Å². The molecule has 6 nitrogen and oxygen atoms in total. The predicted octanol–water partition coefficient (Wildman–Crippen LogP) is 3.37. The smallest absolute Gasteiger partial charge is 0.356 e. The molecule has 0 unspecified atom stereocenters. The average Bonchev–Trinajstić information content (AvgIpc) is 3.15. The Morgan fingerprint density at radius 3 is 2.30 bits per heavy atom. The highest BCUT2D eigenvalue weighted by Gasteiger charge is 2.36. The minimum atomic E-state index is -4.61. The highest BCUT2D eigenvalue weighted by Crippen LogP contribution is 2.32. The van der Waals surface area contributed by atoms with Gasteiger partial charge in [-0.05, 0) is 24.3 Å². The highest BCUT2D eigenvalue weighted by molar-refractivity contribution is 5.96. The van der Waals surface area contributed by atoms with Crippen molar-refractivity contribution in [2.24, 2.45) is 0 Å². The fourth-order valence-electron chi connectivity index (χ4n) is 3.57. The Balaban J connectivity index is 1.40. The SMILES string of the molecule is O=C(Cc1noc2ccccc12)N1CCN(C(=O)c2ccccc2C(F)(F)F)CC1. The maximum absolute atomic E-state index is 13.2. The molecule has 1 aliphatic rings. The summed E-state index contributed by atoms with van der Waals surface area (Å²) in [6, 6.07) is 12.0. The molecule has 2 aromatic carbocycles. The van der Waals surface area contributed by atoms with Gasteiger partial charge in [-0.1, -0.05) is 29.4 Å². The van der Waals surface area contributed by atoms with Crippen LogP contribution in [0.1, 0.15) is 21.6 Å². The number of fused-ring (bicyclic) bond motifs is 1. The van der Waals surface area contributed by atoms with Crippen LogP contribution in [0.25, 0.3) is 11.0 Å². The van der Waals surface area contributed by atoms with Crippen molar-refractivity contribution in [1.82, 2.24) is 15.0 Å². The summed E-state index contributed by atoms with van der Waals surface area (Å²) in [6.45, 7) is 0.815. The number of para-hydroxylation sites is 1. The average molecular weight is 417 g/mol. The number of hydrogen-bond donors (Lipinski definition) is 0. The summed E-state index contributed by atoms with van der Waals surface area (Å²) in [5.74, 6) is -0.852. The standard InChI is InChI=1S/C21H18F3N3O3/c22-21(23,24)16-7-3-1-5-14(16)20(29)27-11-9-26(10-12-27)19(28)13-17-15-6-2-4-8-18(15)30-25-17/h1-8H,9-13H2. The van der Waals surface area contributed by atoms with E-state index >= 15 is 0 Å². The van der Waals surface area contributed by atoms with E-state index in [1.165, 1.54) is 23.1 Å². The highest BCUT2D eigenvalue weighted by atomic mass is 19.4. The summed E-state index contributed by atoms with van der Waals surface area (Å²) in [5, 5.41) is 4.72. The molecule has 0 saturated carbocycles. The second kappa shape index (κ2) is 7.81. The Bertz CT molecular complexity index is 1090. The number of rotatable bonds is 3. The van der Waals surface area contributed by atoms with E-state index in [4.69, 9.17) is 4.52 Å². The predicted molar refractivity (Wildman–Crippen MR) is 102 cm³/mol. The number of halogens is 3. The van der Waals surface area contributed by atoms with Gasteiger partial charge in [-0.3, -0.25) is 9.59 Å². The number of piperazine rings is 1. The summed E-state index contributed by atoms with van der Waals surface area (Å²) < 4.78 is 44.8. The third kappa shape index (κ3) is 3.87. The maximum atomic E-state index is 13.2. The monoisotopic (exact) mass is 417 g/mol. The van der Waals surface area contributed by atoms with Gasteiger partial charge in [0.25, 0.3) is 5.91 Å². The number of benzene rings is 2. The fourth-order valence-corrected chi connectivity index (χ4v) is 3.57. The second-order valence-corrected chi connectivity index (χ2v) is 7.02. The first-order valence-electron chi connectivity index (χ1n) is 9.41. The first-order chi connectivity index (χ1) is 14.3. The Labute approximate surface area is 169 Å². The lowest BCUT2D eigenvalue weighted by Gasteiger charge is -2.35. The molecule has 3 aromatic rings. The van der Waals surface area contributed by atoms with Gasteiger partial charge in [-0.15, -0.1) is 0 Å². The van der Waals surface area contributed by atoms with Gasteiger partial charge in [0, 0.05) is 31.6 Å². The van der Waals surface area contributed by atoms with Crippen LogP contribution in [0.5, 0.6) is 0 Å². The van der Waals surface area contributed by atoms with E-state index < -0.39 is 17.6 Å². The molecule has 0 bridgehead atoms. The molecular weight excluding hydrogens is 399 g/mol. The minimum absolute atomic E-state index is 0.0574. The van der Waals surface area contributed by atoms with Crippen LogP contribution in [0.4, 0.5) is 13.2 Å². The lowest BCUT2D eigenvalue weighted by atomic mass is 10.1. The summed E-state index contributed by atoms with van der Waals surface area (Å²) in [5.41, 5.74) is -0.197. The first-order valence-corrected chi connectivity index (χ1v) is 9.41. The van der Waals surface area contributed by atoms with Crippen LogP contribution in [0.15, 0.2) is 53.1 Å². The second-order valence-electron chi connectivity index (χ2n) is 7.02. The van der Waals surface area contributed by atoms with Gasteiger partial charge in [-0.25, -0.2) is 0 Å². The molecule has 1 aliphatic heterocycles. The van der Waals surface area contributed by atoms with Crippen molar-refractivity contribution in [3.05, 3.63) is 65.4 Å². The van der Waals surface area contributed by atoms with Gasteiger partial charge >= 0.3 is 6.18 Å².